The Hall–Kier alpha value is -1.75. The third-order valence-electron chi connectivity index (χ3n) is 4.93. The predicted octanol–water partition coefficient (Wildman–Crippen LogP) is 3.64. The van der Waals surface area contributed by atoms with Crippen molar-refractivity contribution in [3.63, 3.8) is 0 Å². The molecule has 0 aliphatic carbocycles. The van der Waals surface area contributed by atoms with E-state index >= 15 is 0 Å². The van der Waals surface area contributed by atoms with Gasteiger partial charge in [-0.15, -0.1) is 11.3 Å². The summed E-state index contributed by atoms with van der Waals surface area (Å²) in [6.45, 7) is 3.95. The fraction of sp³-hybridized carbons (Fsp3) is 0.474. The maximum atomic E-state index is 12.8. The molecular weight excluding hydrogens is 498 g/mol. The van der Waals surface area contributed by atoms with Gasteiger partial charge in [0.15, 0.2) is 5.78 Å². The van der Waals surface area contributed by atoms with Crippen LogP contribution in [0.4, 0.5) is 4.79 Å². The molecule has 1 saturated heterocycles. The minimum atomic E-state index is -0.507. The second-order valence-corrected chi connectivity index (χ2v) is 9.25. The maximum absolute atomic E-state index is 12.8. The zero-order valence-electron chi connectivity index (χ0n) is 16.3. The molecule has 1 fully saturated rings. The number of halogens is 2. The minimum absolute atomic E-state index is 0.0427. The van der Waals surface area contributed by atoms with E-state index in [1.807, 2.05) is 0 Å². The first-order valence-corrected chi connectivity index (χ1v) is 11.3. The summed E-state index contributed by atoms with van der Waals surface area (Å²) in [6, 6.07) is -0.466. The van der Waals surface area contributed by atoms with E-state index in [4.69, 9.17) is 21.1 Å². The maximum Gasteiger partial charge on any atom is 0.410 e. The molecule has 1 aliphatic rings. The Kier molecular flexibility index (Phi) is 7.67. The van der Waals surface area contributed by atoms with Crippen molar-refractivity contribution in [3.05, 3.63) is 38.1 Å². The molecule has 0 radical (unpaired) electrons. The predicted molar refractivity (Wildman–Crippen MR) is 118 cm³/mol. The lowest BCUT2D eigenvalue weighted by molar-refractivity contribution is -0.122. The van der Waals surface area contributed by atoms with Gasteiger partial charge in [-0.2, -0.15) is 0 Å². The number of carbonyl (C=O) groups excluding carboxylic acids is 2. The first-order valence-electron chi connectivity index (χ1n) is 9.29. The van der Waals surface area contributed by atoms with Crippen LogP contribution in [0.15, 0.2) is 28.2 Å². The lowest BCUT2D eigenvalue weighted by Crippen LogP contribution is -2.53. The number of carbonyl (C=O) groups is 2. The number of ketones is 1. The highest BCUT2D eigenvalue weighted by Crippen LogP contribution is 2.36. The molecule has 0 bridgehead atoms. The molecule has 2 aromatic heterocycles. The second kappa shape index (κ2) is 10.0. The lowest BCUT2D eigenvalue weighted by Gasteiger charge is -2.39. The molecule has 162 valence electrons. The number of piperidine rings is 1. The van der Waals surface area contributed by atoms with Crippen molar-refractivity contribution in [1.29, 1.82) is 0 Å². The van der Waals surface area contributed by atoms with Crippen LogP contribution in [-0.4, -0.2) is 58.7 Å². The molecule has 1 amide bonds. The normalized spacial score (nSPS) is 19.1. The number of hydrogen-bond donors (Lipinski definition) is 0. The highest BCUT2D eigenvalue weighted by atomic mass is 79.9. The van der Waals surface area contributed by atoms with Crippen LogP contribution < -0.4 is 5.56 Å². The molecule has 30 heavy (non-hydrogen) atoms. The van der Waals surface area contributed by atoms with Crippen LogP contribution in [0.3, 0.4) is 0 Å². The highest BCUT2D eigenvalue weighted by molar-refractivity contribution is 9.10. The summed E-state index contributed by atoms with van der Waals surface area (Å²) in [6.07, 6.45) is 3.55. The molecule has 0 aromatic carbocycles. The van der Waals surface area contributed by atoms with E-state index in [0.717, 1.165) is 24.2 Å². The quantitative estimate of drug-likeness (QED) is 0.520. The molecule has 0 N–H and O–H groups in total. The Morgan fingerprint density at radius 1 is 1.50 bits per heavy atom. The number of likely N-dealkylation sites (tertiary alicyclic amines) is 1. The van der Waals surface area contributed by atoms with Crippen LogP contribution in [0.2, 0.25) is 4.34 Å². The van der Waals surface area contributed by atoms with Crippen LogP contribution in [0.5, 0.6) is 0 Å². The van der Waals surface area contributed by atoms with Gasteiger partial charge in [0.05, 0.1) is 29.5 Å². The molecule has 1 aliphatic heterocycles. The summed E-state index contributed by atoms with van der Waals surface area (Å²) in [5, 5.41) is 0. The number of aromatic nitrogens is 2. The van der Waals surface area contributed by atoms with Crippen molar-refractivity contribution >= 4 is 61.0 Å². The number of fused-ring (bicyclic) bond motifs is 1. The third kappa shape index (κ3) is 4.77. The SMILES string of the molecule is C=CCOC(=O)N1CCC[C@@H](OC)[C@@H]1CC(=O)Cn1cnc2c(Br)c(Cl)sc2c1=O. The van der Waals surface area contributed by atoms with Crippen LogP contribution in [0, 0.1) is 0 Å². The van der Waals surface area contributed by atoms with Crippen LogP contribution in [0.1, 0.15) is 19.3 Å². The van der Waals surface area contributed by atoms with Gasteiger partial charge in [-0.05, 0) is 28.8 Å². The summed E-state index contributed by atoms with van der Waals surface area (Å²) in [4.78, 5) is 43.7. The van der Waals surface area contributed by atoms with E-state index in [1.165, 1.54) is 21.9 Å². The van der Waals surface area contributed by atoms with E-state index < -0.39 is 12.1 Å². The average molecular weight is 519 g/mol. The molecule has 2 atom stereocenters. The largest absolute Gasteiger partial charge is 0.445 e. The molecule has 11 heteroatoms. The first kappa shape index (κ1) is 22.9. The van der Waals surface area contributed by atoms with Crippen molar-refractivity contribution in [1.82, 2.24) is 14.5 Å². The first-order chi connectivity index (χ1) is 14.4. The van der Waals surface area contributed by atoms with Crippen molar-refractivity contribution in [2.45, 2.75) is 38.0 Å². The van der Waals surface area contributed by atoms with Gasteiger partial charge < -0.3 is 14.4 Å². The topological polar surface area (TPSA) is 90.7 Å². The van der Waals surface area contributed by atoms with Gasteiger partial charge in [-0.1, -0.05) is 24.3 Å². The number of thiophene rings is 1. The number of hydrogen-bond acceptors (Lipinski definition) is 7. The van der Waals surface area contributed by atoms with Crippen LogP contribution in [-0.2, 0) is 20.8 Å². The number of methoxy groups -OCH3 is 1. The zero-order chi connectivity index (χ0) is 21.8. The molecule has 3 heterocycles. The van der Waals surface area contributed by atoms with Gasteiger partial charge in [0, 0.05) is 20.1 Å². The van der Waals surface area contributed by atoms with Crippen molar-refractivity contribution < 1.29 is 19.1 Å². The third-order valence-corrected chi connectivity index (χ3v) is 7.57. The van der Waals surface area contributed by atoms with Gasteiger partial charge in [0.2, 0.25) is 0 Å². The Bertz CT molecular complexity index is 1020. The molecule has 2 aromatic rings. The second-order valence-electron chi connectivity index (χ2n) is 6.83. The van der Waals surface area contributed by atoms with E-state index in [2.05, 4.69) is 27.5 Å². The van der Waals surface area contributed by atoms with Gasteiger partial charge in [-0.3, -0.25) is 14.2 Å². The Labute approximate surface area is 190 Å². The van der Waals surface area contributed by atoms with E-state index in [9.17, 15) is 14.4 Å². The van der Waals surface area contributed by atoms with Gasteiger partial charge in [0.1, 0.15) is 21.2 Å². The van der Waals surface area contributed by atoms with E-state index in [-0.39, 0.29) is 37.0 Å². The molecule has 0 saturated carbocycles. The monoisotopic (exact) mass is 517 g/mol. The Morgan fingerprint density at radius 2 is 2.27 bits per heavy atom. The van der Waals surface area contributed by atoms with E-state index in [0.29, 0.717) is 25.6 Å². The number of ether oxygens (including phenoxy) is 2. The summed E-state index contributed by atoms with van der Waals surface area (Å²) >= 11 is 10.5. The number of rotatable bonds is 7. The minimum Gasteiger partial charge on any atom is -0.445 e. The van der Waals surface area contributed by atoms with Gasteiger partial charge in [-0.25, -0.2) is 9.78 Å². The molecular formula is C19H21BrClN3O5S. The average Bonchev–Trinajstić information content (AvgIpc) is 3.03. The zero-order valence-corrected chi connectivity index (χ0v) is 19.5. The fourth-order valence-electron chi connectivity index (χ4n) is 3.52. The Morgan fingerprint density at radius 3 is 2.97 bits per heavy atom. The van der Waals surface area contributed by atoms with Crippen molar-refractivity contribution in [2.24, 2.45) is 0 Å². The summed E-state index contributed by atoms with van der Waals surface area (Å²) < 4.78 is 13.3. The molecule has 0 unspecified atom stereocenters. The summed E-state index contributed by atoms with van der Waals surface area (Å²) in [7, 11) is 1.56. The standard InChI is InChI=1S/C19H21BrClN3O5S/c1-3-7-29-19(27)24-6-4-5-13(28-2)12(24)8-11(25)9-23-10-22-15-14(20)17(21)30-16(15)18(23)26/h3,10,12-13H,1,4-9H2,2H3/t12-,13+/m0/s1. The van der Waals surface area contributed by atoms with E-state index in [1.54, 1.807) is 7.11 Å². The smallest absolute Gasteiger partial charge is 0.410 e. The number of amides is 1. The fourth-order valence-corrected chi connectivity index (χ4v) is 5.34. The number of nitrogens with zero attached hydrogens (tertiary/aromatic N) is 3. The van der Waals surface area contributed by atoms with Gasteiger partial charge >= 0.3 is 6.09 Å². The van der Waals surface area contributed by atoms with Crippen LogP contribution >= 0.6 is 38.9 Å². The highest BCUT2D eigenvalue weighted by Gasteiger charge is 2.36. The van der Waals surface area contributed by atoms with Crippen molar-refractivity contribution in [2.75, 3.05) is 20.3 Å². The molecule has 8 nitrogen and oxygen atoms in total. The summed E-state index contributed by atoms with van der Waals surface area (Å²) in [5.74, 6) is -0.213. The Balaban J connectivity index is 1.78. The number of Topliss-reactive ketones (excluding diaryl/α,β-unsaturated/α-hetero) is 1. The summed E-state index contributed by atoms with van der Waals surface area (Å²) in [5.41, 5.74) is 0.140. The van der Waals surface area contributed by atoms with Crippen molar-refractivity contribution in [3.8, 4) is 0 Å². The molecule has 0 spiro atoms. The lowest BCUT2D eigenvalue weighted by atomic mass is 9.94. The van der Waals surface area contributed by atoms with Gasteiger partial charge in [0.25, 0.3) is 5.56 Å². The van der Waals surface area contributed by atoms with Crippen LogP contribution in [0.25, 0.3) is 10.2 Å². The molecule has 3 rings (SSSR count).